The molecule has 1 aliphatic rings. The van der Waals surface area contributed by atoms with E-state index in [1.165, 1.54) is 18.2 Å². The Morgan fingerprint density at radius 2 is 1.96 bits per heavy atom. The molecule has 0 saturated heterocycles. The molecule has 0 fully saturated rings. The topological polar surface area (TPSA) is 65.0 Å². The number of cyclic esters (lactones) is 1. The van der Waals surface area contributed by atoms with E-state index in [-0.39, 0.29) is 17.6 Å². The first-order chi connectivity index (χ1) is 13.4. The van der Waals surface area contributed by atoms with Crippen molar-refractivity contribution in [1.29, 1.82) is 0 Å². The molecule has 0 saturated carbocycles. The number of ether oxygens (including phenoxy) is 2. The maximum absolute atomic E-state index is 13.4. The first-order valence-corrected chi connectivity index (χ1v) is 10.5. The van der Waals surface area contributed by atoms with Gasteiger partial charge in [0, 0.05) is 12.0 Å². The highest BCUT2D eigenvalue weighted by molar-refractivity contribution is 14.1. The third-order valence-electron chi connectivity index (χ3n) is 3.69. The van der Waals surface area contributed by atoms with Gasteiger partial charge in [-0.15, -0.1) is 0 Å². The van der Waals surface area contributed by atoms with E-state index in [2.05, 4.69) is 50.2 Å². The minimum atomic E-state index is -0.609. The van der Waals surface area contributed by atoms with Gasteiger partial charge in [-0.2, -0.15) is 0 Å². The molecule has 2 aromatic rings. The van der Waals surface area contributed by atoms with Crippen LogP contribution in [0.3, 0.4) is 0 Å². The van der Waals surface area contributed by atoms with E-state index in [1.54, 1.807) is 24.3 Å². The van der Waals surface area contributed by atoms with Crippen molar-refractivity contribution < 1.29 is 23.5 Å². The lowest BCUT2D eigenvalue weighted by Crippen LogP contribution is -2.09. The Hall–Kier alpha value is -1.82. The minimum Gasteiger partial charge on any atom is -0.424 e. The molecule has 0 aromatic heterocycles. The highest BCUT2D eigenvalue weighted by atomic mass is 127. The second-order valence-corrected chi connectivity index (χ2v) is 8.21. The number of hydrogen-bond donors (Lipinski definition) is 0. The fraction of sp³-hybridized carbons (Fsp3) is 0.150. The van der Waals surface area contributed by atoms with Crippen LogP contribution in [-0.2, 0) is 14.3 Å². The van der Waals surface area contributed by atoms with Crippen molar-refractivity contribution in [3.05, 3.63) is 66.2 Å². The van der Waals surface area contributed by atoms with Gasteiger partial charge in [0.05, 0.1) is 7.14 Å². The summed E-state index contributed by atoms with van der Waals surface area (Å²) in [5, 5.41) is 0. The van der Waals surface area contributed by atoms with Crippen molar-refractivity contribution in [2.75, 3.05) is 0 Å². The van der Waals surface area contributed by atoms with E-state index in [9.17, 15) is 14.0 Å². The summed E-state index contributed by atoms with van der Waals surface area (Å²) in [6, 6.07) is 9.26. The van der Waals surface area contributed by atoms with Crippen molar-refractivity contribution in [2.24, 2.45) is 4.99 Å². The van der Waals surface area contributed by atoms with E-state index in [0.717, 1.165) is 7.14 Å². The summed E-state index contributed by atoms with van der Waals surface area (Å²) >= 11 is 4.15. The van der Waals surface area contributed by atoms with Gasteiger partial charge in [-0.05, 0) is 93.6 Å². The molecule has 0 bridgehead atoms. The molecule has 1 aliphatic heterocycles. The summed E-state index contributed by atoms with van der Waals surface area (Å²) in [5.41, 5.74) is 1.21. The molecule has 28 heavy (non-hydrogen) atoms. The monoisotopic (exact) mass is 605 g/mol. The van der Waals surface area contributed by atoms with Crippen LogP contribution < -0.4 is 4.74 Å². The number of carbonyl (C=O) groups is 2. The van der Waals surface area contributed by atoms with Crippen molar-refractivity contribution in [3.63, 3.8) is 0 Å². The van der Waals surface area contributed by atoms with Gasteiger partial charge in [0.25, 0.3) is 0 Å². The van der Waals surface area contributed by atoms with Gasteiger partial charge in [-0.3, -0.25) is 4.79 Å². The number of nitrogens with zero attached hydrogens (tertiary/aromatic N) is 1. The molecular weight excluding hydrogens is 591 g/mol. The number of carbonyl (C=O) groups excluding carboxylic acids is 2. The minimum absolute atomic E-state index is 0.0604. The predicted octanol–water partition coefficient (Wildman–Crippen LogP) is 5.08. The third kappa shape index (κ3) is 4.96. The van der Waals surface area contributed by atoms with Gasteiger partial charge in [-0.25, -0.2) is 14.2 Å². The first-order valence-electron chi connectivity index (χ1n) is 8.35. The average molecular weight is 605 g/mol. The Bertz CT molecular complexity index is 994. The number of benzene rings is 2. The lowest BCUT2D eigenvalue weighted by Gasteiger charge is -2.09. The van der Waals surface area contributed by atoms with Crippen LogP contribution in [0.2, 0.25) is 0 Å². The molecule has 0 amide bonds. The van der Waals surface area contributed by atoms with Crippen LogP contribution in [0.4, 0.5) is 4.39 Å². The number of esters is 2. The van der Waals surface area contributed by atoms with Crippen molar-refractivity contribution in [2.45, 2.75) is 19.8 Å². The standard InChI is InChI=1S/C20H14FI2NO4/c1-2-4-17(25)27-18-14(22)7-11(8-15(18)23)9-16-20(26)28-19(24-16)12-5-3-6-13(21)10-12/h3,5-10H,2,4H2,1H3/b16-9-. The van der Waals surface area contributed by atoms with E-state index in [1.807, 2.05) is 6.92 Å². The zero-order chi connectivity index (χ0) is 20.3. The summed E-state index contributed by atoms with van der Waals surface area (Å²) in [6.45, 7) is 1.91. The molecule has 0 unspecified atom stereocenters. The Kier molecular flexibility index (Phi) is 6.81. The summed E-state index contributed by atoms with van der Waals surface area (Å²) < 4.78 is 25.4. The molecule has 8 heteroatoms. The Morgan fingerprint density at radius 3 is 2.61 bits per heavy atom. The Labute approximate surface area is 188 Å². The van der Waals surface area contributed by atoms with Gasteiger partial charge >= 0.3 is 11.9 Å². The second-order valence-electron chi connectivity index (χ2n) is 5.88. The molecule has 144 valence electrons. The number of aliphatic imine (C=N–C) groups is 1. The van der Waals surface area contributed by atoms with Crippen LogP contribution >= 0.6 is 45.2 Å². The summed E-state index contributed by atoms with van der Waals surface area (Å²) in [6.07, 6.45) is 2.64. The van der Waals surface area contributed by atoms with Crippen LogP contribution in [0.25, 0.3) is 6.08 Å². The van der Waals surface area contributed by atoms with E-state index < -0.39 is 11.8 Å². The highest BCUT2D eigenvalue weighted by Crippen LogP contribution is 2.31. The molecular formula is C20H14FI2NO4. The molecule has 0 N–H and O–H groups in total. The van der Waals surface area contributed by atoms with Gasteiger partial charge in [-0.1, -0.05) is 13.0 Å². The number of halogens is 3. The van der Waals surface area contributed by atoms with Crippen LogP contribution in [0.15, 0.2) is 47.1 Å². The molecule has 2 aromatic carbocycles. The fourth-order valence-corrected chi connectivity index (χ4v) is 4.48. The summed E-state index contributed by atoms with van der Waals surface area (Å²) in [5.74, 6) is -0.771. The fourth-order valence-electron chi connectivity index (χ4n) is 2.44. The van der Waals surface area contributed by atoms with Crippen molar-refractivity contribution in [3.8, 4) is 5.75 Å². The molecule has 0 radical (unpaired) electrons. The highest BCUT2D eigenvalue weighted by Gasteiger charge is 2.24. The molecule has 0 spiro atoms. The van der Waals surface area contributed by atoms with Gasteiger partial charge in [0.1, 0.15) is 5.82 Å². The second kappa shape index (κ2) is 9.12. The van der Waals surface area contributed by atoms with E-state index in [0.29, 0.717) is 29.7 Å². The quantitative estimate of drug-likeness (QED) is 0.207. The van der Waals surface area contributed by atoms with Crippen LogP contribution in [0, 0.1) is 13.0 Å². The number of rotatable bonds is 5. The van der Waals surface area contributed by atoms with E-state index in [4.69, 9.17) is 9.47 Å². The van der Waals surface area contributed by atoms with E-state index >= 15 is 0 Å². The smallest absolute Gasteiger partial charge is 0.363 e. The van der Waals surface area contributed by atoms with Gasteiger partial charge in [0.15, 0.2) is 11.4 Å². The normalized spacial score (nSPS) is 14.8. The van der Waals surface area contributed by atoms with Crippen LogP contribution in [0.5, 0.6) is 5.75 Å². The molecule has 5 nitrogen and oxygen atoms in total. The largest absolute Gasteiger partial charge is 0.424 e. The predicted molar refractivity (Wildman–Crippen MR) is 119 cm³/mol. The van der Waals surface area contributed by atoms with Gasteiger partial charge < -0.3 is 9.47 Å². The Morgan fingerprint density at radius 1 is 1.25 bits per heavy atom. The SMILES string of the molecule is CCCC(=O)Oc1c(I)cc(/C=C2\N=C(c3cccc(F)c3)OC2=O)cc1I. The lowest BCUT2D eigenvalue weighted by atomic mass is 10.2. The van der Waals surface area contributed by atoms with Crippen molar-refractivity contribution >= 4 is 69.1 Å². The van der Waals surface area contributed by atoms with Crippen LogP contribution in [-0.4, -0.2) is 17.8 Å². The molecule has 1 heterocycles. The Balaban J connectivity index is 1.88. The third-order valence-corrected chi connectivity index (χ3v) is 5.29. The lowest BCUT2D eigenvalue weighted by molar-refractivity contribution is -0.134. The summed E-state index contributed by atoms with van der Waals surface area (Å²) in [7, 11) is 0. The zero-order valence-electron chi connectivity index (χ0n) is 14.7. The maximum atomic E-state index is 13.4. The average Bonchev–Trinajstić information content (AvgIpc) is 2.99. The summed E-state index contributed by atoms with van der Waals surface area (Å²) in [4.78, 5) is 28.1. The van der Waals surface area contributed by atoms with Gasteiger partial charge in [0.2, 0.25) is 5.90 Å². The van der Waals surface area contributed by atoms with Crippen LogP contribution in [0.1, 0.15) is 30.9 Å². The molecule has 0 aliphatic carbocycles. The molecule has 0 atom stereocenters. The first kappa shape index (κ1) is 20.9. The molecule has 3 rings (SSSR count). The van der Waals surface area contributed by atoms with Crippen molar-refractivity contribution in [1.82, 2.24) is 0 Å². The maximum Gasteiger partial charge on any atom is 0.363 e. The zero-order valence-corrected chi connectivity index (χ0v) is 19.0. The number of hydrogen-bond acceptors (Lipinski definition) is 5.